The van der Waals surface area contributed by atoms with Gasteiger partial charge in [0, 0.05) is 11.7 Å². The highest BCUT2D eigenvalue weighted by atomic mass is 19.1. The first-order valence-electron chi connectivity index (χ1n) is 6.50. The lowest BCUT2D eigenvalue weighted by molar-refractivity contribution is -0.125. The quantitative estimate of drug-likeness (QED) is 0.867. The van der Waals surface area contributed by atoms with Crippen LogP contribution in [0.4, 0.5) is 10.1 Å². The number of carbonyl (C=O) groups excluding carboxylic acids is 2. The molecule has 2 fully saturated rings. The average molecular weight is 262 g/mol. The van der Waals surface area contributed by atoms with Crippen molar-refractivity contribution >= 4 is 17.5 Å². The van der Waals surface area contributed by atoms with Crippen LogP contribution in [0.25, 0.3) is 0 Å². The second-order valence-corrected chi connectivity index (χ2v) is 5.23. The molecule has 0 spiro atoms. The van der Waals surface area contributed by atoms with Crippen molar-refractivity contribution in [2.24, 2.45) is 11.8 Å². The highest BCUT2D eigenvalue weighted by Gasteiger charge is 2.48. The van der Waals surface area contributed by atoms with Crippen molar-refractivity contribution in [1.29, 1.82) is 0 Å². The molecular formula is C14H15FN2O2. The van der Waals surface area contributed by atoms with Gasteiger partial charge in [0.05, 0.1) is 11.8 Å². The zero-order valence-corrected chi connectivity index (χ0v) is 10.4. The van der Waals surface area contributed by atoms with Crippen molar-refractivity contribution in [3.05, 3.63) is 30.1 Å². The lowest BCUT2D eigenvalue weighted by Gasteiger charge is -2.05. The molecule has 19 heavy (non-hydrogen) atoms. The van der Waals surface area contributed by atoms with Crippen LogP contribution < -0.4 is 10.6 Å². The summed E-state index contributed by atoms with van der Waals surface area (Å²) in [5, 5.41) is 5.53. The van der Waals surface area contributed by atoms with E-state index in [0.29, 0.717) is 18.2 Å². The average Bonchev–Trinajstić information content (AvgIpc) is 3.23. The van der Waals surface area contributed by atoms with E-state index in [0.717, 1.165) is 12.8 Å². The first-order chi connectivity index (χ1) is 9.13. The summed E-state index contributed by atoms with van der Waals surface area (Å²) in [4.78, 5) is 23.6. The zero-order chi connectivity index (χ0) is 13.4. The van der Waals surface area contributed by atoms with Crippen LogP contribution in [0.15, 0.2) is 24.3 Å². The molecule has 2 amide bonds. The molecule has 4 nitrogen and oxygen atoms in total. The maximum atomic E-state index is 13.0. The molecule has 1 aromatic rings. The van der Waals surface area contributed by atoms with Crippen molar-refractivity contribution < 1.29 is 14.0 Å². The van der Waals surface area contributed by atoms with Crippen LogP contribution in [0.5, 0.6) is 0 Å². The Morgan fingerprint density at radius 1 is 1.16 bits per heavy atom. The number of anilines is 1. The minimum absolute atomic E-state index is 0.0260. The minimum atomic E-state index is -0.392. The van der Waals surface area contributed by atoms with Crippen LogP contribution in [-0.4, -0.2) is 17.9 Å². The fourth-order valence-corrected chi connectivity index (χ4v) is 2.11. The van der Waals surface area contributed by atoms with Gasteiger partial charge in [-0.1, -0.05) is 6.07 Å². The van der Waals surface area contributed by atoms with Crippen LogP contribution in [-0.2, 0) is 9.59 Å². The van der Waals surface area contributed by atoms with E-state index in [1.54, 1.807) is 6.07 Å². The van der Waals surface area contributed by atoms with Gasteiger partial charge in [0.1, 0.15) is 5.82 Å². The molecule has 0 heterocycles. The van der Waals surface area contributed by atoms with Gasteiger partial charge in [0.15, 0.2) is 0 Å². The lowest BCUT2D eigenvalue weighted by Crippen LogP contribution is -2.29. The summed E-state index contributed by atoms with van der Waals surface area (Å²) in [7, 11) is 0. The molecule has 2 aliphatic carbocycles. The van der Waals surface area contributed by atoms with E-state index in [-0.39, 0.29) is 23.7 Å². The van der Waals surface area contributed by atoms with Crippen LogP contribution >= 0.6 is 0 Å². The highest BCUT2D eigenvalue weighted by Crippen LogP contribution is 2.40. The predicted octanol–water partition coefficient (Wildman–Crippen LogP) is 1.68. The molecule has 5 heteroatoms. The molecule has 0 aliphatic heterocycles. The third-order valence-electron chi connectivity index (χ3n) is 3.48. The number of nitrogens with one attached hydrogen (secondary N) is 2. The molecule has 2 aliphatic rings. The first-order valence-corrected chi connectivity index (χ1v) is 6.50. The molecule has 0 bridgehead atoms. The summed E-state index contributed by atoms with van der Waals surface area (Å²) >= 11 is 0. The van der Waals surface area contributed by atoms with Gasteiger partial charge in [0.2, 0.25) is 11.8 Å². The molecule has 1 aromatic carbocycles. The molecule has 2 N–H and O–H groups in total. The third-order valence-corrected chi connectivity index (χ3v) is 3.48. The van der Waals surface area contributed by atoms with Crippen LogP contribution in [0.3, 0.4) is 0 Å². The van der Waals surface area contributed by atoms with Crippen molar-refractivity contribution in [2.75, 3.05) is 5.32 Å². The Labute approximate surface area is 110 Å². The first kappa shape index (κ1) is 12.1. The van der Waals surface area contributed by atoms with E-state index in [1.807, 2.05) is 0 Å². The molecule has 0 saturated heterocycles. The summed E-state index contributed by atoms with van der Waals surface area (Å²) in [6, 6.07) is 6.07. The van der Waals surface area contributed by atoms with Crippen molar-refractivity contribution in [2.45, 2.75) is 25.3 Å². The Morgan fingerprint density at radius 3 is 2.58 bits per heavy atom. The zero-order valence-electron chi connectivity index (χ0n) is 10.4. The van der Waals surface area contributed by atoms with E-state index in [2.05, 4.69) is 10.6 Å². The molecule has 100 valence electrons. The van der Waals surface area contributed by atoms with Crippen LogP contribution in [0.2, 0.25) is 0 Å². The SMILES string of the molecule is O=C(Nc1cccc(F)c1)C1CC1C(=O)NC1CC1. The number of carbonyl (C=O) groups is 2. The van der Waals surface area contributed by atoms with Gasteiger partial charge in [-0.25, -0.2) is 4.39 Å². The fraction of sp³-hybridized carbons (Fsp3) is 0.429. The minimum Gasteiger partial charge on any atom is -0.353 e. The third kappa shape index (κ3) is 2.92. The van der Waals surface area contributed by atoms with E-state index in [1.165, 1.54) is 18.2 Å². The van der Waals surface area contributed by atoms with Crippen LogP contribution in [0, 0.1) is 17.7 Å². The topological polar surface area (TPSA) is 58.2 Å². The lowest BCUT2D eigenvalue weighted by atomic mass is 10.2. The fourth-order valence-electron chi connectivity index (χ4n) is 2.11. The van der Waals surface area contributed by atoms with Gasteiger partial charge in [-0.05, 0) is 37.5 Å². The Balaban J connectivity index is 1.53. The van der Waals surface area contributed by atoms with Gasteiger partial charge in [-0.15, -0.1) is 0 Å². The van der Waals surface area contributed by atoms with Gasteiger partial charge in [-0.3, -0.25) is 9.59 Å². The molecule has 3 rings (SSSR count). The Kier molecular flexibility index (Phi) is 2.97. The molecule has 0 aromatic heterocycles. The van der Waals surface area contributed by atoms with E-state index in [4.69, 9.17) is 0 Å². The largest absolute Gasteiger partial charge is 0.353 e. The maximum absolute atomic E-state index is 13.0. The Hall–Kier alpha value is -1.91. The highest BCUT2D eigenvalue weighted by molar-refractivity contribution is 5.99. The number of benzene rings is 1. The van der Waals surface area contributed by atoms with Crippen molar-refractivity contribution in [1.82, 2.24) is 5.32 Å². The number of halogens is 1. The Bertz CT molecular complexity index is 528. The molecule has 2 unspecified atom stereocenters. The Morgan fingerprint density at radius 2 is 1.89 bits per heavy atom. The normalized spacial score (nSPS) is 24.7. The van der Waals surface area contributed by atoms with Crippen molar-refractivity contribution in [3.63, 3.8) is 0 Å². The van der Waals surface area contributed by atoms with Crippen molar-refractivity contribution in [3.8, 4) is 0 Å². The second kappa shape index (κ2) is 4.64. The second-order valence-electron chi connectivity index (χ2n) is 5.23. The molecule has 2 atom stereocenters. The van der Waals surface area contributed by atoms with Crippen LogP contribution in [0.1, 0.15) is 19.3 Å². The molecule has 2 saturated carbocycles. The number of hydrogen-bond donors (Lipinski definition) is 2. The number of hydrogen-bond acceptors (Lipinski definition) is 2. The predicted molar refractivity (Wildman–Crippen MR) is 67.8 cm³/mol. The van der Waals surface area contributed by atoms with Gasteiger partial charge >= 0.3 is 0 Å². The number of amides is 2. The number of rotatable bonds is 4. The van der Waals surface area contributed by atoms with Gasteiger partial charge in [-0.2, -0.15) is 0 Å². The summed E-state index contributed by atoms with van der Waals surface area (Å²) < 4.78 is 13.0. The van der Waals surface area contributed by atoms with Gasteiger partial charge < -0.3 is 10.6 Å². The standard InChI is InChI=1S/C14H15FN2O2/c15-8-2-1-3-10(6-8)17-14(19)12-7-11(12)13(18)16-9-4-5-9/h1-3,6,9,11-12H,4-5,7H2,(H,16,18)(H,17,19). The molecule has 0 radical (unpaired) electrons. The summed E-state index contributed by atoms with van der Waals surface area (Å²) in [6.45, 7) is 0. The van der Waals surface area contributed by atoms with E-state index in [9.17, 15) is 14.0 Å². The monoisotopic (exact) mass is 262 g/mol. The summed E-state index contributed by atoms with van der Waals surface area (Å²) in [5.41, 5.74) is 0.429. The van der Waals surface area contributed by atoms with E-state index < -0.39 is 5.82 Å². The van der Waals surface area contributed by atoms with E-state index >= 15 is 0 Å². The smallest absolute Gasteiger partial charge is 0.228 e. The van der Waals surface area contributed by atoms with Gasteiger partial charge in [0.25, 0.3) is 0 Å². The summed E-state index contributed by atoms with van der Waals surface area (Å²) in [5.74, 6) is -1.11. The maximum Gasteiger partial charge on any atom is 0.228 e. The molecular weight excluding hydrogens is 247 g/mol. The summed E-state index contributed by atoms with van der Waals surface area (Å²) in [6.07, 6.45) is 2.66.